The van der Waals surface area contributed by atoms with E-state index in [4.69, 9.17) is 9.84 Å². The molecule has 36 heavy (non-hydrogen) atoms. The first-order valence-electron chi connectivity index (χ1n) is 12.0. The fourth-order valence-electron chi connectivity index (χ4n) is 4.59. The first kappa shape index (κ1) is 26.2. The van der Waals surface area contributed by atoms with Crippen LogP contribution in [0.5, 0.6) is 5.75 Å². The summed E-state index contributed by atoms with van der Waals surface area (Å²) in [6, 6.07) is 9.79. The highest BCUT2D eigenvalue weighted by Crippen LogP contribution is 2.36. The molecule has 1 aliphatic heterocycles. The van der Waals surface area contributed by atoms with E-state index in [1.54, 1.807) is 0 Å². The SMILES string of the molecule is CCCC[C@@H]1CN(c2nc3ccc(C(F)(F)F)cc3s2)CCN1Cc1cc(C)cc(OCC(=O)O)c1. The van der Waals surface area contributed by atoms with Crippen molar-refractivity contribution >= 4 is 32.7 Å². The van der Waals surface area contributed by atoms with Crippen LogP contribution in [0.3, 0.4) is 0 Å². The molecule has 0 saturated carbocycles. The van der Waals surface area contributed by atoms with Crippen molar-refractivity contribution in [2.24, 2.45) is 0 Å². The smallest absolute Gasteiger partial charge is 0.416 e. The van der Waals surface area contributed by atoms with Crippen LogP contribution in [0.1, 0.15) is 42.9 Å². The van der Waals surface area contributed by atoms with Crippen molar-refractivity contribution in [1.29, 1.82) is 0 Å². The van der Waals surface area contributed by atoms with Crippen LogP contribution in [0, 0.1) is 6.92 Å². The van der Waals surface area contributed by atoms with Crippen molar-refractivity contribution in [3.05, 3.63) is 53.1 Å². The largest absolute Gasteiger partial charge is 0.482 e. The molecule has 1 atom stereocenters. The summed E-state index contributed by atoms with van der Waals surface area (Å²) >= 11 is 1.31. The topological polar surface area (TPSA) is 65.9 Å². The third kappa shape index (κ3) is 6.47. The number of rotatable bonds is 9. The standard InChI is InChI=1S/C26H30F3N3O3S/c1-3-4-5-20-15-32(25-30-22-7-6-19(26(27,28)29)13-23(22)36-25)9-8-31(20)14-18-10-17(2)11-21(12-18)35-16-24(33)34/h6-7,10-13,20H,3-5,8-9,14-16H2,1-2H3,(H,33,34)/t20-/m1/s1. The van der Waals surface area contributed by atoms with E-state index in [-0.39, 0.29) is 12.6 Å². The van der Waals surface area contributed by atoms with E-state index in [1.807, 2.05) is 19.1 Å². The highest BCUT2D eigenvalue weighted by molar-refractivity contribution is 7.22. The zero-order chi connectivity index (χ0) is 25.9. The van der Waals surface area contributed by atoms with Gasteiger partial charge in [0.2, 0.25) is 0 Å². The minimum absolute atomic E-state index is 0.264. The molecular formula is C26H30F3N3O3S. The maximum atomic E-state index is 13.1. The Kier molecular flexibility index (Phi) is 8.04. The van der Waals surface area contributed by atoms with E-state index in [1.165, 1.54) is 23.5 Å². The Morgan fingerprint density at radius 2 is 2.03 bits per heavy atom. The first-order valence-corrected chi connectivity index (χ1v) is 12.9. The maximum absolute atomic E-state index is 13.1. The second kappa shape index (κ2) is 11.0. The number of halogens is 3. The van der Waals surface area contributed by atoms with Crippen LogP contribution in [0.2, 0.25) is 0 Å². The Bertz CT molecular complexity index is 1210. The van der Waals surface area contributed by atoms with Gasteiger partial charge in [-0.25, -0.2) is 9.78 Å². The zero-order valence-electron chi connectivity index (χ0n) is 20.3. The van der Waals surface area contributed by atoms with Gasteiger partial charge in [-0.05, 0) is 54.8 Å². The number of piperazine rings is 1. The number of aliphatic carboxylic acids is 1. The molecule has 0 aliphatic carbocycles. The van der Waals surface area contributed by atoms with Gasteiger partial charge in [-0.1, -0.05) is 37.2 Å². The lowest BCUT2D eigenvalue weighted by Crippen LogP contribution is -2.52. The van der Waals surface area contributed by atoms with Gasteiger partial charge in [-0.15, -0.1) is 0 Å². The molecule has 0 unspecified atom stereocenters. The highest BCUT2D eigenvalue weighted by Gasteiger charge is 2.32. The fraction of sp³-hybridized carbons (Fsp3) is 0.462. The van der Waals surface area contributed by atoms with Crippen LogP contribution in [-0.2, 0) is 17.5 Å². The van der Waals surface area contributed by atoms with Gasteiger partial charge in [0, 0.05) is 32.2 Å². The molecule has 0 radical (unpaired) electrons. The number of anilines is 1. The number of alkyl halides is 3. The summed E-state index contributed by atoms with van der Waals surface area (Å²) in [6.45, 7) is 6.71. The molecule has 0 amide bonds. The van der Waals surface area contributed by atoms with Gasteiger partial charge in [0.25, 0.3) is 0 Å². The van der Waals surface area contributed by atoms with Crippen LogP contribution in [0.4, 0.5) is 18.3 Å². The molecule has 0 spiro atoms. The molecule has 1 saturated heterocycles. The number of aromatic nitrogens is 1. The minimum Gasteiger partial charge on any atom is -0.482 e. The van der Waals surface area contributed by atoms with Gasteiger partial charge in [-0.2, -0.15) is 13.2 Å². The molecule has 194 valence electrons. The number of carbonyl (C=O) groups is 1. The molecular weight excluding hydrogens is 491 g/mol. The number of carboxylic acid groups (broad SMARTS) is 1. The quantitative estimate of drug-likeness (QED) is 0.374. The predicted octanol–water partition coefficient (Wildman–Crippen LogP) is 5.97. The average molecular weight is 522 g/mol. The predicted molar refractivity (Wildman–Crippen MR) is 135 cm³/mol. The summed E-state index contributed by atoms with van der Waals surface area (Å²) in [7, 11) is 0. The van der Waals surface area contributed by atoms with E-state index in [9.17, 15) is 18.0 Å². The molecule has 10 heteroatoms. The molecule has 2 aromatic carbocycles. The summed E-state index contributed by atoms with van der Waals surface area (Å²) in [6.07, 6.45) is -1.22. The molecule has 1 aromatic heterocycles. The summed E-state index contributed by atoms with van der Waals surface area (Å²) < 4.78 is 45.3. The van der Waals surface area contributed by atoms with Crippen LogP contribution in [-0.4, -0.2) is 53.2 Å². The molecule has 2 heterocycles. The number of unbranched alkanes of at least 4 members (excludes halogenated alkanes) is 1. The Balaban J connectivity index is 1.50. The average Bonchev–Trinajstić information content (AvgIpc) is 3.25. The lowest BCUT2D eigenvalue weighted by molar-refractivity contribution is -0.139. The van der Waals surface area contributed by atoms with Crippen LogP contribution in [0.15, 0.2) is 36.4 Å². The molecule has 1 N–H and O–H groups in total. The second-order valence-electron chi connectivity index (χ2n) is 9.23. The van der Waals surface area contributed by atoms with Crippen molar-refractivity contribution in [3.8, 4) is 5.75 Å². The van der Waals surface area contributed by atoms with E-state index >= 15 is 0 Å². The number of fused-ring (bicyclic) bond motifs is 1. The molecule has 6 nitrogen and oxygen atoms in total. The van der Waals surface area contributed by atoms with E-state index in [0.717, 1.165) is 61.2 Å². The lowest BCUT2D eigenvalue weighted by atomic mass is 10.0. The molecule has 0 bridgehead atoms. The van der Waals surface area contributed by atoms with Gasteiger partial charge in [0.15, 0.2) is 11.7 Å². The second-order valence-corrected chi connectivity index (χ2v) is 10.2. The van der Waals surface area contributed by atoms with Gasteiger partial charge in [0.1, 0.15) is 5.75 Å². The summed E-state index contributed by atoms with van der Waals surface area (Å²) in [5.74, 6) is -0.470. The number of carboxylic acids is 1. The summed E-state index contributed by atoms with van der Waals surface area (Å²) in [5, 5.41) is 9.67. The Morgan fingerprint density at radius 3 is 2.75 bits per heavy atom. The van der Waals surface area contributed by atoms with E-state index < -0.39 is 17.7 Å². The first-order chi connectivity index (χ1) is 17.1. The summed E-state index contributed by atoms with van der Waals surface area (Å²) in [5.41, 5.74) is 2.00. The third-order valence-corrected chi connectivity index (χ3v) is 7.41. The molecule has 1 aliphatic rings. The van der Waals surface area contributed by atoms with Crippen molar-refractivity contribution in [3.63, 3.8) is 0 Å². The number of benzene rings is 2. The van der Waals surface area contributed by atoms with Crippen LogP contribution < -0.4 is 9.64 Å². The number of thiazole rings is 1. The monoisotopic (exact) mass is 521 g/mol. The van der Waals surface area contributed by atoms with Crippen LogP contribution >= 0.6 is 11.3 Å². The third-order valence-electron chi connectivity index (χ3n) is 6.33. The maximum Gasteiger partial charge on any atom is 0.416 e. The Hall–Kier alpha value is -2.85. The highest BCUT2D eigenvalue weighted by atomic mass is 32.1. The zero-order valence-corrected chi connectivity index (χ0v) is 21.2. The molecule has 4 rings (SSSR count). The van der Waals surface area contributed by atoms with Gasteiger partial charge in [0.05, 0.1) is 15.8 Å². The number of hydrogen-bond donors (Lipinski definition) is 1. The van der Waals surface area contributed by atoms with Crippen molar-refractivity contribution in [1.82, 2.24) is 9.88 Å². The van der Waals surface area contributed by atoms with E-state index in [0.29, 0.717) is 22.5 Å². The number of ether oxygens (including phenoxy) is 1. The Labute approximate surface area is 212 Å². The molecule has 1 fully saturated rings. The Morgan fingerprint density at radius 1 is 1.22 bits per heavy atom. The molecule has 3 aromatic rings. The fourth-order valence-corrected chi connectivity index (χ4v) is 5.63. The number of hydrogen-bond acceptors (Lipinski definition) is 6. The van der Waals surface area contributed by atoms with Crippen molar-refractivity contribution in [2.75, 3.05) is 31.1 Å². The number of aryl methyl sites for hydroxylation is 1. The normalized spacial score (nSPS) is 17.0. The van der Waals surface area contributed by atoms with Crippen LogP contribution in [0.25, 0.3) is 10.2 Å². The van der Waals surface area contributed by atoms with E-state index in [2.05, 4.69) is 27.8 Å². The number of nitrogens with zero attached hydrogens (tertiary/aromatic N) is 3. The van der Waals surface area contributed by atoms with Gasteiger partial charge >= 0.3 is 12.1 Å². The minimum atomic E-state index is -4.37. The van der Waals surface area contributed by atoms with Crippen molar-refractivity contribution in [2.45, 2.75) is 51.9 Å². The summed E-state index contributed by atoms with van der Waals surface area (Å²) in [4.78, 5) is 20.1. The lowest BCUT2D eigenvalue weighted by Gasteiger charge is -2.41. The van der Waals surface area contributed by atoms with Crippen molar-refractivity contribution < 1.29 is 27.8 Å². The van der Waals surface area contributed by atoms with Gasteiger partial charge < -0.3 is 14.7 Å². The van der Waals surface area contributed by atoms with Gasteiger partial charge in [-0.3, -0.25) is 4.90 Å².